The first kappa shape index (κ1) is 15.5. The molecule has 2 N–H and O–H groups in total. The summed E-state index contributed by atoms with van der Waals surface area (Å²) in [6.45, 7) is 7.90. The van der Waals surface area contributed by atoms with E-state index in [1.54, 1.807) is 7.11 Å². The van der Waals surface area contributed by atoms with Crippen LogP contribution in [0.5, 0.6) is 5.75 Å². The Hall–Kier alpha value is -1.55. The molecule has 0 aliphatic heterocycles. The molecule has 4 nitrogen and oxygen atoms in total. The number of amides is 1. The molecule has 0 bridgehead atoms. The monoisotopic (exact) mass is 264 g/mol. The van der Waals surface area contributed by atoms with Crippen LogP contribution in [0, 0.1) is 13.8 Å². The van der Waals surface area contributed by atoms with Crippen LogP contribution in [0.4, 0.5) is 0 Å². The number of nitrogens with one attached hydrogen (secondary N) is 2. The Kier molecular flexibility index (Phi) is 6.36. The molecule has 0 spiro atoms. The highest BCUT2D eigenvalue weighted by atomic mass is 16.5. The topological polar surface area (TPSA) is 50.4 Å². The van der Waals surface area contributed by atoms with Gasteiger partial charge in [-0.2, -0.15) is 0 Å². The van der Waals surface area contributed by atoms with Crippen LogP contribution < -0.4 is 15.4 Å². The zero-order chi connectivity index (χ0) is 14.3. The molecule has 0 atom stereocenters. The lowest BCUT2D eigenvalue weighted by Gasteiger charge is -2.13. The van der Waals surface area contributed by atoms with E-state index in [-0.39, 0.29) is 5.91 Å². The molecule has 0 saturated carbocycles. The predicted molar refractivity (Wildman–Crippen MR) is 77.7 cm³/mol. The van der Waals surface area contributed by atoms with Crippen LogP contribution in [0.15, 0.2) is 12.1 Å². The van der Waals surface area contributed by atoms with Gasteiger partial charge in [0, 0.05) is 6.54 Å². The Morgan fingerprint density at radius 2 is 2.05 bits per heavy atom. The fraction of sp³-hybridized carbons (Fsp3) is 0.533. The lowest BCUT2D eigenvalue weighted by molar-refractivity contribution is -0.120. The van der Waals surface area contributed by atoms with Gasteiger partial charge in [-0.05, 0) is 37.9 Å². The minimum absolute atomic E-state index is 0.0326. The molecule has 1 aromatic carbocycles. The molecule has 0 fully saturated rings. The molecule has 1 amide bonds. The van der Waals surface area contributed by atoms with Crippen LogP contribution in [0.25, 0.3) is 0 Å². The highest BCUT2D eigenvalue weighted by Crippen LogP contribution is 2.25. The molecule has 0 aliphatic carbocycles. The Morgan fingerprint density at radius 1 is 1.32 bits per heavy atom. The summed E-state index contributed by atoms with van der Waals surface area (Å²) < 4.78 is 5.43. The Morgan fingerprint density at radius 3 is 2.68 bits per heavy atom. The maximum Gasteiger partial charge on any atom is 0.233 e. The largest absolute Gasteiger partial charge is 0.496 e. The summed E-state index contributed by atoms with van der Waals surface area (Å²) in [5, 5.41) is 5.90. The first-order valence-electron chi connectivity index (χ1n) is 6.70. The van der Waals surface area contributed by atoms with Crippen LogP contribution >= 0.6 is 0 Å². The molecule has 0 aliphatic rings. The van der Waals surface area contributed by atoms with Crippen molar-refractivity contribution < 1.29 is 9.53 Å². The minimum atomic E-state index is 0.0326. The fourth-order valence-corrected chi connectivity index (χ4v) is 2.16. The number of carbonyl (C=O) groups excluding carboxylic acids is 1. The van der Waals surface area contributed by atoms with Crippen molar-refractivity contribution in [1.29, 1.82) is 0 Å². The van der Waals surface area contributed by atoms with Gasteiger partial charge in [0.1, 0.15) is 5.75 Å². The number of carbonyl (C=O) groups is 1. The van der Waals surface area contributed by atoms with E-state index >= 15 is 0 Å². The second kappa shape index (κ2) is 7.79. The zero-order valence-electron chi connectivity index (χ0n) is 12.3. The van der Waals surface area contributed by atoms with Crippen LogP contribution in [0.1, 0.15) is 23.6 Å². The predicted octanol–water partition coefficient (Wildman–Crippen LogP) is 1.58. The van der Waals surface area contributed by atoms with Crippen LogP contribution in [-0.4, -0.2) is 32.7 Å². The van der Waals surface area contributed by atoms with E-state index in [4.69, 9.17) is 4.74 Å². The van der Waals surface area contributed by atoms with Gasteiger partial charge < -0.3 is 15.4 Å². The number of methoxy groups -OCH3 is 1. The third-order valence-corrected chi connectivity index (χ3v) is 2.95. The first-order valence-corrected chi connectivity index (χ1v) is 6.70. The zero-order valence-corrected chi connectivity index (χ0v) is 12.3. The lowest BCUT2D eigenvalue weighted by Crippen LogP contribution is -2.34. The van der Waals surface area contributed by atoms with Gasteiger partial charge >= 0.3 is 0 Å². The van der Waals surface area contributed by atoms with Crippen molar-refractivity contribution in [2.75, 3.05) is 26.7 Å². The van der Waals surface area contributed by atoms with E-state index in [1.165, 1.54) is 5.56 Å². The number of benzene rings is 1. The molecule has 19 heavy (non-hydrogen) atoms. The van der Waals surface area contributed by atoms with E-state index in [2.05, 4.69) is 29.7 Å². The Labute approximate surface area is 115 Å². The summed E-state index contributed by atoms with van der Waals surface area (Å²) >= 11 is 0. The van der Waals surface area contributed by atoms with E-state index < -0.39 is 0 Å². The van der Waals surface area contributed by atoms with Gasteiger partial charge in [0.15, 0.2) is 0 Å². The second-order valence-electron chi connectivity index (χ2n) is 4.65. The molecule has 0 aromatic heterocycles. The summed E-state index contributed by atoms with van der Waals surface area (Å²) in [4.78, 5) is 11.5. The van der Waals surface area contributed by atoms with E-state index in [1.807, 2.05) is 13.8 Å². The summed E-state index contributed by atoms with van der Waals surface area (Å²) in [6, 6.07) is 4.22. The van der Waals surface area contributed by atoms with E-state index in [0.29, 0.717) is 13.1 Å². The van der Waals surface area contributed by atoms with Crippen molar-refractivity contribution in [3.63, 3.8) is 0 Å². The average molecular weight is 264 g/mol. The number of aryl methyl sites for hydroxylation is 2. The van der Waals surface area contributed by atoms with Gasteiger partial charge in [0.05, 0.1) is 13.7 Å². The summed E-state index contributed by atoms with van der Waals surface area (Å²) in [6.07, 6.45) is 0.781. The van der Waals surface area contributed by atoms with Crippen molar-refractivity contribution in [3.05, 3.63) is 28.8 Å². The molecule has 0 radical (unpaired) electrons. The van der Waals surface area contributed by atoms with Gasteiger partial charge in [-0.1, -0.05) is 24.6 Å². The SMILES string of the molecule is CCNCC(=O)NCCc1cc(C)cc(C)c1OC. The van der Waals surface area contributed by atoms with Gasteiger partial charge in [0.2, 0.25) is 5.91 Å². The van der Waals surface area contributed by atoms with Crippen LogP contribution in [0.3, 0.4) is 0 Å². The number of likely N-dealkylation sites (N-methyl/N-ethyl adjacent to an activating group) is 1. The normalized spacial score (nSPS) is 10.3. The van der Waals surface area contributed by atoms with Crippen molar-refractivity contribution in [1.82, 2.24) is 10.6 Å². The smallest absolute Gasteiger partial charge is 0.233 e. The van der Waals surface area contributed by atoms with Crippen molar-refractivity contribution in [2.24, 2.45) is 0 Å². The molecule has 1 rings (SSSR count). The Bertz CT molecular complexity index is 430. The second-order valence-corrected chi connectivity index (χ2v) is 4.65. The summed E-state index contributed by atoms with van der Waals surface area (Å²) in [5.74, 6) is 0.955. The Balaban J connectivity index is 2.55. The number of ether oxygens (including phenoxy) is 1. The van der Waals surface area contributed by atoms with E-state index in [9.17, 15) is 4.79 Å². The van der Waals surface area contributed by atoms with Crippen LogP contribution in [-0.2, 0) is 11.2 Å². The first-order chi connectivity index (χ1) is 9.08. The molecule has 0 unspecified atom stereocenters. The number of hydrogen-bond donors (Lipinski definition) is 2. The molecule has 1 aromatic rings. The third-order valence-electron chi connectivity index (χ3n) is 2.95. The minimum Gasteiger partial charge on any atom is -0.496 e. The van der Waals surface area contributed by atoms with Crippen molar-refractivity contribution in [2.45, 2.75) is 27.2 Å². The lowest BCUT2D eigenvalue weighted by atomic mass is 10.0. The van der Waals surface area contributed by atoms with Crippen molar-refractivity contribution in [3.8, 4) is 5.75 Å². The number of rotatable bonds is 7. The number of hydrogen-bond acceptors (Lipinski definition) is 3. The molecule has 106 valence electrons. The molecule has 0 saturated heterocycles. The fourth-order valence-electron chi connectivity index (χ4n) is 2.16. The van der Waals surface area contributed by atoms with Crippen LogP contribution in [0.2, 0.25) is 0 Å². The standard InChI is InChI=1S/C15H24N2O2/c1-5-16-10-14(18)17-7-6-13-9-11(2)8-12(3)15(13)19-4/h8-9,16H,5-7,10H2,1-4H3,(H,17,18). The van der Waals surface area contributed by atoms with Gasteiger partial charge in [-0.3, -0.25) is 4.79 Å². The molecular weight excluding hydrogens is 240 g/mol. The van der Waals surface area contributed by atoms with Crippen molar-refractivity contribution >= 4 is 5.91 Å². The summed E-state index contributed by atoms with van der Waals surface area (Å²) in [7, 11) is 1.69. The van der Waals surface area contributed by atoms with E-state index in [0.717, 1.165) is 29.8 Å². The molecule has 4 heteroatoms. The van der Waals surface area contributed by atoms with Gasteiger partial charge in [0.25, 0.3) is 0 Å². The third kappa shape index (κ3) is 4.91. The van der Waals surface area contributed by atoms with Gasteiger partial charge in [-0.15, -0.1) is 0 Å². The quantitative estimate of drug-likeness (QED) is 0.786. The maximum atomic E-state index is 11.5. The molecular formula is C15H24N2O2. The highest BCUT2D eigenvalue weighted by Gasteiger charge is 2.08. The summed E-state index contributed by atoms with van der Waals surface area (Å²) in [5.41, 5.74) is 3.49. The maximum absolute atomic E-state index is 11.5. The van der Waals surface area contributed by atoms with Gasteiger partial charge in [-0.25, -0.2) is 0 Å². The average Bonchev–Trinajstić information content (AvgIpc) is 2.36. The highest BCUT2D eigenvalue weighted by molar-refractivity contribution is 5.77. The molecule has 0 heterocycles.